The zero-order valence-electron chi connectivity index (χ0n) is 13.4. The fourth-order valence-corrected chi connectivity index (χ4v) is 2.53. The van der Waals surface area contributed by atoms with Crippen LogP contribution >= 0.6 is 0 Å². The average molecular weight is 285 g/mol. The highest BCUT2D eigenvalue weighted by molar-refractivity contribution is 5.69. The summed E-state index contributed by atoms with van der Waals surface area (Å²) in [6.07, 6.45) is 1.06. The Hall–Kier alpha value is -1.67. The van der Waals surface area contributed by atoms with E-state index in [2.05, 4.69) is 45.1 Å². The second-order valence-electron chi connectivity index (χ2n) is 5.73. The van der Waals surface area contributed by atoms with Crippen LogP contribution in [-0.4, -0.2) is 6.54 Å². The molecule has 0 bridgehead atoms. The number of aryl methyl sites for hydroxylation is 3. The molecule has 2 aromatic carbocycles. The summed E-state index contributed by atoms with van der Waals surface area (Å²) < 4.78 is 14.2. The molecule has 2 aromatic rings. The van der Waals surface area contributed by atoms with Crippen molar-refractivity contribution in [2.75, 3.05) is 6.54 Å². The van der Waals surface area contributed by atoms with Crippen LogP contribution in [0.15, 0.2) is 30.3 Å². The molecule has 0 heterocycles. The molecule has 2 heteroatoms. The van der Waals surface area contributed by atoms with Crippen molar-refractivity contribution in [1.29, 1.82) is 0 Å². The molecule has 0 aliphatic carbocycles. The van der Waals surface area contributed by atoms with Crippen molar-refractivity contribution in [3.63, 3.8) is 0 Å². The number of nitrogens with one attached hydrogen (secondary N) is 1. The molecular weight excluding hydrogens is 261 g/mol. The summed E-state index contributed by atoms with van der Waals surface area (Å²) in [5.74, 6) is -0.131. The highest BCUT2D eigenvalue weighted by Gasteiger charge is 2.08. The number of halogens is 1. The summed E-state index contributed by atoms with van der Waals surface area (Å²) in [6.45, 7) is 9.89. The molecular formula is C19H24FN. The molecule has 2 rings (SSSR count). The van der Waals surface area contributed by atoms with E-state index in [9.17, 15) is 4.39 Å². The van der Waals surface area contributed by atoms with Gasteiger partial charge in [-0.25, -0.2) is 4.39 Å². The van der Waals surface area contributed by atoms with Crippen molar-refractivity contribution in [2.24, 2.45) is 0 Å². The van der Waals surface area contributed by atoms with Gasteiger partial charge in [-0.05, 0) is 67.6 Å². The fourth-order valence-electron chi connectivity index (χ4n) is 2.53. The van der Waals surface area contributed by atoms with Gasteiger partial charge in [0.15, 0.2) is 0 Å². The van der Waals surface area contributed by atoms with Crippen LogP contribution in [0.4, 0.5) is 4.39 Å². The van der Waals surface area contributed by atoms with Gasteiger partial charge >= 0.3 is 0 Å². The van der Waals surface area contributed by atoms with Crippen LogP contribution in [0.25, 0.3) is 11.1 Å². The number of hydrogen-bond acceptors (Lipinski definition) is 1. The van der Waals surface area contributed by atoms with E-state index in [1.165, 1.54) is 16.7 Å². The minimum atomic E-state index is -0.131. The van der Waals surface area contributed by atoms with Crippen LogP contribution in [0.2, 0.25) is 0 Å². The van der Waals surface area contributed by atoms with Crippen molar-refractivity contribution >= 4 is 0 Å². The maximum atomic E-state index is 14.2. The lowest BCUT2D eigenvalue weighted by Crippen LogP contribution is -2.14. The van der Waals surface area contributed by atoms with Crippen molar-refractivity contribution in [1.82, 2.24) is 5.32 Å². The number of benzene rings is 2. The van der Waals surface area contributed by atoms with Gasteiger partial charge in [-0.1, -0.05) is 31.2 Å². The lowest BCUT2D eigenvalue weighted by Gasteiger charge is -2.12. The monoisotopic (exact) mass is 285 g/mol. The van der Waals surface area contributed by atoms with E-state index >= 15 is 0 Å². The Bertz CT molecular complexity index is 632. The molecule has 0 amide bonds. The van der Waals surface area contributed by atoms with Crippen LogP contribution in [0.3, 0.4) is 0 Å². The molecule has 0 spiro atoms. The summed E-state index contributed by atoms with van der Waals surface area (Å²) in [5, 5.41) is 3.24. The van der Waals surface area contributed by atoms with Crippen molar-refractivity contribution in [3.8, 4) is 11.1 Å². The lowest BCUT2D eigenvalue weighted by atomic mass is 9.95. The predicted molar refractivity (Wildman–Crippen MR) is 88.0 cm³/mol. The Morgan fingerprint density at radius 1 is 0.952 bits per heavy atom. The van der Waals surface area contributed by atoms with E-state index in [0.29, 0.717) is 6.54 Å². The van der Waals surface area contributed by atoms with Gasteiger partial charge in [0, 0.05) is 12.1 Å². The SMILES string of the molecule is CCCNCc1ccc(-c2cc(C)c(C)cc2C)cc1F. The smallest absolute Gasteiger partial charge is 0.128 e. The van der Waals surface area contributed by atoms with Crippen molar-refractivity contribution in [2.45, 2.75) is 40.7 Å². The topological polar surface area (TPSA) is 12.0 Å². The van der Waals surface area contributed by atoms with Crippen LogP contribution in [0.1, 0.15) is 35.6 Å². The van der Waals surface area contributed by atoms with Gasteiger partial charge in [0.2, 0.25) is 0 Å². The lowest BCUT2D eigenvalue weighted by molar-refractivity contribution is 0.587. The number of hydrogen-bond donors (Lipinski definition) is 1. The summed E-state index contributed by atoms with van der Waals surface area (Å²) in [7, 11) is 0. The molecule has 0 saturated heterocycles. The summed E-state index contributed by atoms with van der Waals surface area (Å²) in [6, 6.07) is 9.87. The molecule has 0 aromatic heterocycles. The first kappa shape index (κ1) is 15.7. The van der Waals surface area contributed by atoms with E-state index in [4.69, 9.17) is 0 Å². The summed E-state index contributed by atoms with van der Waals surface area (Å²) in [5.41, 5.74) is 6.50. The minimum Gasteiger partial charge on any atom is -0.313 e. The Labute approximate surface area is 127 Å². The summed E-state index contributed by atoms with van der Waals surface area (Å²) in [4.78, 5) is 0. The van der Waals surface area contributed by atoms with E-state index < -0.39 is 0 Å². The zero-order valence-corrected chi connectivity index (χ0v) is 13.4. The van der Waals surface area contributed by atoms with Gasteiger partial charge in [-0.15, -0.1) is 0 Å². The van der Waals surface area contributed by atoms with Crippen molar-refractivity contribution < 1.29 is 4.39 Å². The predicted octanol–water partition coefficient (Wildman–Crippen LogP) is 4.92. The third kappa shape index (κ3) is 3.70. The standard InChI is InChI=1S/C19H24FN/c1-5-8-21-12-17-7-6-16(11-19(17)20)18-10-14(3)13(2)9-15(18)4/h6-7,9-11,21H,5,8,12H2,1-4H3. The molecule has 0 unspecified atom stereocenters. The van der Waals surface area contributed by atoms with Crippen LogP contribution in [0, 0.1) is 26.6 Å². The maximum Gasteiger partial charge on any atom is 0.128 e. The van der Waals surface area contributed by atoms with E-state index in [1.54, 1.807) is 6.07 Å². The molecule has 0 saturated carbocycles. The molecule has 21 heavy (non-hydrogen) atoms. The molecule has 0 atom stereocenters. The third-order valence-corrected chi connectivity index (χ3v) is 3.95. The van der Waals surface area contributed by atoms with E-state index in [-0.39, 0.29) is 5.82 Å². The van der Waals surface area contributed by atoms with Gasteiger partial charge in [0.05, 0.1) is 0 Å². The van der Waals surface area contributed by atoms with E-state index in [1.807, 2.05) is 12.1 Å². The Morgan fingerprint density at radius 3 is 2.33 bits per heavy atom. The van der Waals surface area contributed by atoms with Gasteiger partial charge in [0.25, 0.3) is 0 Å². The third-order valence-electron chi connectivity index (χ3n) is 3.95. The van der Waals surface area contributed by atoms with Gasteiger partial charge < -0.3 is 5.32 Å². The molecule has 1 nitrogen and oxygen atoms in total. The second-order valence-corrected chi connectivity index (χ2v) is 5.73. The fraction of sp³-hybridized carbons (Fsp3) is 0.368. The van der Waals surface area contributed by atoms with Crippen LogP contribution in [-0.2, 0) is 6.54 Å². The Morgan fingerprint density at radius 2 is 1.67 bits per heavy atom. The van der Waals surface area contributed by atoms with E-state index in [0.717, 1.165) is 29.7 Å². The normalized spacial score (nSPS) is 10.9. The van der Waals surface area contributed by atoms with Gasteiger partial charge in [0.1, 0.15) is 5.82 Å². The highest BCUT2D eigenvalue weighted by Crippen LogP contribution is 2.27. The zero-order chi connectivity index (χ0) is 15.4. The van der Waals surface area contributed by atoms with Gasteiger partial charge in [-0.3, -0.25) is 0 Å². The molecule has 0 aliphatic rings. The molecule has 0 aliphatic heterocycles. The first-order valence-corrected chi connectivity index (χ1v) is 7.60. The number of rotatable bonds is 5. The molecule has 0 radical (unpaired) electrons. The Kier molecular flexibility index (Phi) is 5.13. The largest absolute Gasteiger partial charge is 0.313 e. The Balaban J connectivity index is 2.30. The second kappa shape index (κ2) is 6.86. The highest BCUT2D eigenvalue weighted by atomic mass is 19.1. The van der Waals surface area contributed by atoms with Crippen LogP contribution in [0.5, 0.6) is 0 Å². The molecule has 112 valence electrons. The first-order valence-electron chi connectivity index (χ1n) is 7.60. The average Bonchev–Trinajstić information content (AvgIpc) is 2.45. The molecule has 1 N–H and O–H groups in total. The van der Waals surface area contributed by atoms with Gasteiger partial charge in [-0.2, -0.15) is 0 Å². The quantitative estimate of drug-likeness (QED) is 0.769. The first-order chi connectivity index (χ1) is 10.0. The van der Waals surface area contributed by atoms with Crippen molar-refractivity contribution in [3.05, 3.63) is 58.4 Å². The minimum absolute atomic E-state index is 0.131. The molecule has 0 fully saturated rings. The van der Waals surface area contributed by atoms with Crippen LogP contribution < -0.4 is 5.32 Å². The summed E-state index contributed by atoms with van der Waals surface area (Å²) >= 11 is 0. The maximum absolute atomic E-state index is 14.2.